The number of likely N-dealkylation sites (N-methyl/N-ethyl adjacent to an activating group) is 1. The van der Waals surface area contributed by atoms with Gasteiger partial charge in [-0.15, -0.1) is 0 Å². The zero-order valence-corrected chi connectivity index (χ0v) is 12.5. The molecule has 0 aromatic heterocycles. The Kier molecular flexibility index (Phi) is 5.46. The summed E-state index contributed by atoms with van der Waals surface area (Å²) in [4.78, 5) is 4.73. The van der Waals surface area contributed by atoms with Crippen LogP contribution >= 0.6 is 0 Å². The van der Waals surface area contributed by atoms with E-state index in [4.69, 9.17) is 0 Å². The van der Waals surface area contributed by atoms with Crippen LogP contribution in [0.1, 0.15) is 32.1 Å². The third-order valence-electron chi connectivity index (χ3n) is 4.28. The summed E-state index contributed by atoms with van der Waals surface area (Å²) in [7, 11) is 6.55. The standard InChI is InChI=1S/C15H31N3/c1-17(2)10-4-11-18(3)12-9-16-15(13-5-6-13)14-7-8-14/h13-16H,4-12H2,1-3H3. The van der Waals surface area contributed by atoms with Crippen LogP contribution in [0.15, 0.2) is 0 Å². The van der Waals surface area contributed by atoms with Crippen LogP contribution in [0.5, 0.6) is 0 Å². The Bertz CT molecular complexity index is 222. The molecule has 2 aliphatic rings. The highest BCUT2D eigenvalue weighted by Gasteiger charge is 2.40. The molecule has 0 aromatic rings. The van der Waals surface area contributed by atoms with Crippen LogP contribution in [0.2, 0.25) is 0 Å². The molecular formula is C15H31N3. The normalized spacial score (nSPS) is 20.3. The van der Waals surface area contributed by atoms with Gasteiger partial charge in [-0.25, -0.2) is 0 Å². The van der Waals surface area contributed by atoms with E-state index >= 15 is 0 Å². The lowest BCUT2D eigenvalue weighted by atomic mass is 10.1. The first-order chi connectivity index (χ1) is 8.66. The van der Waals surface area contributed by atoms with Gasteiger partial charge in [-0.1, -0.05) is 0 Å². The fourth-order valence-corrected chi connectivity index (χ4v) is 2.82. The topological polar surface area (TPSA) is 18.5 Å². The van der Waals surface area contributed by atoms with E-state index < -0.39 is 0 Å². The highest BCUT2D eigenvalue weighted by atomic mass is 15.1. The maximum absolute atomic E-state index is 3.82. The van der Waals surface area contributed by atoms with Gasteiger partial charge >= 0.3 is 0 Å². The summed E-state index contributed by atoms with van der Waals surface area (Å²) >= 11 is 0. The van der Waals surface area contributed by atoms with E-state index in [9.17, 15) is 0 Å². The van der Waals surface area contributed by atoms with Crippen molar-refractivity contribution >= 4 is 0 Å². The monoisotopic (exact) mass is 253 g/mol. The zero-order valence-electron chi connectivity index (χ0n) is 12.5. The Balaban J connectivity index is 1.51. The Morgan fingerprint density at radius 2 is 1.56 bits per heavy atom. The van der Waals surface area contributed by atoms with Gasteiger partial charge in [0.05, 0.1) is 0 Å². The Morgan fingerprint density at radius 1 is 0.944 bits per heavy atom. The fraction of sp³-hybridized carbons (Fsp3) is 1.00. The average molecular weight is 253 g/mol. The molecule has 0 unspecified atom stereocenters. The van der Waals surface area contributed by atoms with E-state index in [2.05, 4.69) is 36.3 Å². The number of rotatable bonds is 10. The van der Waals surface area contributed by atoms with Gasteiger partial charge in [0.1, 0.15) is 0 Å². The van der Waals surface area contributed by atoms with Gasteiger partial charge in [0, 0.05) is 19.1 Å². The maximum Gasteiger partial charge on any atom is 0.0124 e. The van der Waals surface area contributed by atoms with Crippen LogP contribution in [0.4, 0.5) is 0 Å². The molecule has 3 heteroatoms. The van der Waals surface area contributed by atoms with Gasteiger partial charge in [0.2, 0.25) is 0 Å². The maximum atomic E-state index is 3.82. The molecule has 0 aliphatic heterocycles. The Hall–Kier alpha value is -0.120. The van der Waals surface area contributed by atoms with E-state index in [0.29, 0.717) is 0 Å². The van der Waals surface area contributed by atoms with Crippen LogP contribution in [0.25, 0.3) is 0 Å². The molecule has 0 amide bonds. The molecular weight excluding hydrogens is 222 g/mol. The molecule has 0 saturated heterocycles. The second kappa shape index (κ2) is 6.88. The third kappa shape index (κ3) is 5.25. The van der Waals surface area contributed by atoms with Gasteiger partial charge in [-0.2, -0.15) is 0 Å². The molecule has 2 rings (SSSR count). The molecule has 0 atom stereocenters. The Labute approximate surface area is 113 Å². The second-order valence-corrected chi connectivity index (χ2v) is 6.61. The highest BCUT2D eigenvalue weighted by molar-refractivity contribution is 4.96. The lowest BCUT2D eigenvalue weighted by molar-refractivity contribution is 0.288. The van der Waals surface area contributed by atoms with Crippen molar-refractivity contribution in [3.05, 3.63) is 0 Å². The highest BCUT2D eigenvalue weighted by Crippen LogP contribution is 2.44. The van der Waals surface area contributed by atoms with Crippen LogP contribution in [-0.4, -0.2) is 63.2 Å². The quantitative estimate of drug-likeness (QED) is 0.639. The van der Waals surface area contributed by atoms with Crippen LogP contribution in [0.3, 0.4) is 0 Å². The van der Waals surface area contributed by atoms with Gasteiger partial charge in [-0.05, 0) is 78.2 Å². The predicted molar refractivity (Wildman–Crippen MR) is 77.9 cm³/mol. The second-order valence-electron chi connectivity index (χ2n) is 6.61. The van der Waals surface area contributed by atoms with Gasteiger partial charge in [0.25, 0.3) is 0 Å². The molecule has 2 fully saturated rings. The first-order valence-corrected chi connectivity index (χ1v) is 7.73. The van der Waals surface area contributed by atoms with E-state index in [-0.39, 0.29) is 0 Å². The van der Waals surface area contributed by atoms with Crippen molar-refractivity contribution in [1.82, 2.24) is 15.1 Å². The summed E-state index contributed by atoms with van der Waals surface area (Å²) in [6.07, 6.45) is 7.19. The first kappa shape index (κ1) is 14.3. The van der Waals surface area contributed by atoms with E-state index in [1.807, 2.05) is 0 Å². The van der Waals surface area contributed by atoms with E-state index in [1.165, 1.54) is 58.3 Å². The predicted octanol–water partition coefficient (Wildman–Crippen LogP) is 1.65. The molecule has 3 nitrogen and oxygen atoms in total. The molecule has 18 heavy (non-hydrogen) atoms. The van der Waals surface area contributed by atoms with Gasteiger partial charge in [0.15, 0.2) is 0 Å². The molecule has 2 aliphatic carbocycles. The number of hydrogen-bond acceptors (Lipinski definition) is 3. The van der Waals surface area contributed by atoms with Gasteiger partial charge < -0.3 is 15.1 Å². The van der Waals surface area contributed by atoms with Crippen molar-refractivity contribution in [3.8, 4) is 0 Å². The molecule has 2 saturated carbocycles. The van der Waals surface area contributed by atoms with Crippen molar-refractivity contribution in [2.24, 2.45) is 11.8 Å². The lowest BCUT2D eigenvalue weighted by Crippen LogP contribution is -2.38. The summed E-state index contributed by atoms with van der Waals surface area (Å²) in [6.45, 7) is 4.79. The third-order valence-corrected chi connectivity index (χ3v) is 4.28. The summed E-state index contributed by atoms with van der Waals surface area (Å²) in [5.74, 6) is 2.05. The minimum Gasteiger partial charge on any atom is -0.312 e. The van der Waals surface area contributed by atoms with Crippen molar-refractivity contribution in [1.29, 1.82) is 0 Å². The minimum atomic E-state index is 0.861. The molecule has 0 heterocycles. The van der Waals surface area contributed by atoms with Crippen LogP contribution in [-0.2, 0) is 0 Å². The van der Waals surface area contributed by atoms with Crippen LogP contribution < -0.4 is 5.32 Å². The van der Waals surface area contributed by atoms with E-state index in [0.717, 1.165) is 17.9 Å². The minimum absolute atomic E-state index is 0.861. The summed E-state index contributed by atoms with van der Waals surface area (Å²) in [6, 6.07) is 0.861. The van der Waals surface area contributed by atoms with E-state index in [1.54, 1.807) is 0 Å². The molecule has 0 radical (unpaired) electrons. The van der Waals surface area contributed by atoms with Crippen molar-refractivity contribution in [2.75, 3.05) is 47.3 Å². The zero-order chi connectivity index (χ0) is 13.0. The molecule has 106 valence electrons. The largest absolute Gasteiger partial charge is 0.312 e. The summed E-state index contributed by atoms with van der Waals surface area (Å²) < 4.78 is 0. The van der Waals surface area contributed by atoms with Crippen molar-refractivity contribution < 1.29 is 0 Å². The molecule has 0 aromatic carbocycles. The molecule has 1 N–H and O–H groups in total. The van der Waals surface area contributed by atoms with Crippen molar-refractivity contribution in [2.45, 2.75) is 38.1 Å². The van der Waals surface area contributed by atoms with Crippen LogP contribution in [0, 0.1) is 11.8 Å². The summed E-state index contributed by atoms with van der Waals surface area (Å²) in [5.41, 5.74) is 0. The smallest absolute Gasteiger partial charge is 0.0124 e. The lowest BCUT2D eigenvalue weighted by Gasteiger charge is -2.22. The first-order valence-electron chi connectivity index (χ1n) is 7.73. The number of hydrogen-bond donors (Lipinski definition) is 1. The van der Waals surface area contributed by atoms with Gasteiger partial charge in [-0.3, -0.25) is 0 Å². The number of nitrogens with one attached hydrogen (secondary N) is 1. The SMILES string of the molecule is CN(C)CCCN(C)CCNC(C1CC1)C1CC1. The molecule has 0 spiro atoms. The Morgan fingerprint density at radius 3 is 2.06 bits per heavy atom. The molecule has 0 bridgehead atoms. The fourth-order valence-electron chi connectivity index (χ4n) is 2.82. The summed E-state index contributed by atoms with van der Waals surface area (Å²) in [5, 5.41) is 3.82. The number of nitrogens with zero attached hydrogens (tertiary/aromatic N) is 2. The van der Waals surface area contributed by atoms with Crippen molar-refractivity contribution in [3.63, 3.8) is 0 Å². The average Bonchev–Trinajstić information content (AvgIpc) is 3.14.